The number of hydrogen-bond acceptors (Lipinski definition) is 2. The highest BCUT2D eigenvalue weighted by Crippen LogP contribution is 2.14. The van der Waals surface area contributed by atoms with E-state index in [1.54, 1.807) is 12.1 Å². The molecule has 1 aromatic rings. The number of nitrogens with zero attached hydrogens (tertiary/aromatic N) is 1. The molecule has 0 radical (unpaired) electrons. The van der Waals surface area contributed by atoms with Crippen molar-refractivity contribution in [2.75, 3.05) is 0 Å². The summed E-state index contributed by atoms with van der Waals surface area (Å²) >= 11 is 0. The van der Waals surface area contributed by atoms with Crippen molar-refractivity contribution in [1.82, 2.24) is 0 Å². The largest absolute Gasteiger partial charge is 0.145 e. The van der Waals surface area contributed by atoms with Crippen molar-refractivity contribution >= 4 is 5.69 Å². The molecule has 0 bridgehead atoms. The van der Waals surface area contributed by atoms with Crippen molar-refractivity contribution in [2.45, 2.75) is 39.0 Å². The summed E-state index contributed by atoms with van der Waals surface area (Å²) in [6, 6.07) is 7.54. The molecule has 0 aliphatic carbocycles. The van der Waals surface area contributed by atoms with Gasteiger partial charge in [0.1, 0.15) is 5.69 Å². The Kier molecular flexibility index (Phi) is 4.90. The first kappa shape index (κ1) is 10.9. The molecule has 1 aromatic carbocycles. The van der Waals surface area contributed by atoms with Crippen molar-refractivity contribution < 1.29 is 0 Å². The first-order valence-corrected chi connectivity index (χ1v) is 5.29. The van der Waals surface area contributed by atoms with E-state index in [1.807, 2.05) is 12.1 Å². The molecule has 14 heavy (non-hydrogen) atoms. The molecule has 0 aromatic heterocycles. The van der Waals surface area contributed by atoms with Crippen molar-refractivity contribution in [3.05, 3.63) is 34.7 Å². The molecular formula is C12H17NO. The van der Waals surface area contributed by atoms with E-state index < -0.39 is 0 Å². The second kappa shape index (κ2) is 6.30. The van der Waals surface area contributed by atoms with Gasteiger partial charge in [-0.05, 0) is 35.7 Å². The van der Waals surface area contributed by atoms with Crippen LogP contribution in [0.4, 0.5) is 5.69 Å². The predicted molar refractivity (Wildman–Crippen MR) is 59.7 cm³/mol. The molecule has 0 amide bonds. The lowest BCUT2D eigenvalue weighted by molar-refractivity contribution is 0.667. The molecule has 0 saturated carbocycles. The summed E-state index contributed by atoms with van der Waals surface area (Å²) < 4.78 is 0. The van der Waals surface area contributed by atoms with Gasteiger partial charge in [-0.15, -0.1) is 4.91 Å². The van der Waals surface area contributed by atoms with Crippen LogP contribution >= 0.6 is 0 Å². The number of benzene rings is 1. The van der Waals surface area contributed by atoms with E-state index in [0.29, 0.717) is 5.69 Å². The highest BCUT2D eigenvalue weighted by atomic mass is 16.3. The lowest BCUT2D eigenvalue weighted by Crippen LogP contribution is -1.84. The van der Waals surface area contributed by atoms with Gasteiger partial charge in [-0.25, -0.2) is 0 Å². The fourth-order valence-electron chi connectivity index (χ4n) is 1.48. The molecule has 0 heterocycles. The van der Waals surface area contributed by atoms with E-state index in [2.05, 4.69) is 12.1 Å². The van der Waals surface area contributed by atoms with E-state index in [1.165, 1.54) is 31.2 Å². The molecule has 0 atom stereocenters. The number of nitroso groups, excluding NO2 is 1. The summed E-state index contributed by atoms with van der Waals surface area (Å²) in [5.41, 5.74) is 1.82. The Balaban J connectivity index is 2.32. The average Bonchev–Trinajstić information content (AvgIpc) is 2.25. The van der Waals surface area contributed by atoms with E-state index in [-0.39, 0.29) is 0 Å². The Morgan fingerprint density at radius 3 is 2.36 bits per heavy atom. The maximum Gasteiger partial charge on any atom is 0.108 e. The fourth-order valence-corrected chi connectivity index (χ4v) is 1.48. The first-order chi connectivity index (χ1) is 6.86. The van der Waals surface area contributed by atoms with Crippen LogP contribution in [0.25, 0.3) is 0 Å². The molecule has 2 heteroatoms. The van der Waals surface area contributed by atoms with E-state index in [0.717, 1.165) is 6.42 Å². The van der Waals surface area contributed by atoms with Gasteiger partial charge in [-0.3, -0.25) is 0 Å². The minimum atomic E-state index is 0.516. The summed E-state index contributed by atoms with van der Waals surface area (Å²) in [5, 5.41) is 2.87. The summed E-state index contributed by atoms with van der Waals surface area (Å²) in [6.45, 7) is 2.21. The van der Waals surface area contributed by atoms with Crippen LogP contribution in [0.2, 0.25) is 0 Å². The van der Waals surface area contributed by atoms with Crippen LogP contribution < -0.4 is 0 Å². The molecule has 0 saturated heterocycles. The molecule has 76 valence electrons. The first-order valence-electron chi connectivity index (χ1n) is 5.29. The van der Waals surface area contributed by atoms with Gasteiger partial charge in [0.2, 0.25) is 0 Å². The molecule has 0 aliphatic heterocycles. The standard InChI is InChI=1S/C12H17NO/c1-2-3-4-5-6-11-7-9-12(13-14)10-8-11/h7-10H,2-6H2,1H3. The minimum Gasteiger partial charge on any atom is -0.145 e. The van der Waals surface area contributed by atoms with Gasteiger partial charge >= 0.3 is 0 Å². The number of aryl methyl sites for hydroxylation is 1. The van der Waals surface area contributed by atoms with Crippen molar-refractivity contribution in [3.8, 4) is 0 Å². The fraction of sp³-hybridized carbons (Fsp3) is 0.500. The SMILES string of the molecule is CCCCCCc1ccc(N=O)cc1. The quantitative estimate of drug-likeness (QED) is 0.489. The van der Waals surface area contributed by atoms with Gasteiger partial charge < -0.3 is 0 Å². The second-order valence-electron chi connectivity index (χ2n) is 3.57. The minimum absolute atomic E-state index is 0.516. The zero-order valence-electron chi connectivity index (χ0n) is 8.70. The van der Waals surface area contributed by atoms with Crippen LogP contribution in [0.15, 0.2) is 29.4 Å². The maximum absolute atomic E-state index is 10.2. The van der Waals surface area contributed by atoms with Crippen molar-refractivity contribution in [2.24, 2.45) is 5.18 Å². The molecular weight excluding hydrogens is 174 g/mol. The third-order valence-electron chi connectivity index (χ3n) is 2.36. The molecule has 0 spiro atoms. The normalized spacial score (nSPS) is 10.1. The summed E-state index contributed by atoms with van der Waals surface area (Å²) in [7, 11) is 0. The van der Waals surface area contributed by atoms with Crippen LogP contribution in [0, 0.1) is 4.91 Å². The molecule has 0 aliphatic rings. The summed E-state index contributed by atoms with van der Waals surface area (Å²) in [6.07, 6.45) is 6.23. The monoisotopic (exact) mass is 191 g/mol. The Morgan fingerprint density at radius 1 is 1.07 bits per heavy atom. The molecule has 0 N–H and O–H groups in total. The number of rotatable bonds is 6. The topological polar surface area (TPSA) is 29.4 Å². The molecule has 1 rings (SSSR count). The molecule has 0 unspecified atom stereocenters. The van der Waals surface area contributed by atoms with Gasteiger partial charge in [0.05, 0.1) is 0 Å². The van der Waals surface area contributed by atoms with Gasteiger partial charge in [0.25, 0.3) is 0 Å². The zero-order valence-corrected chi connectivity index (χ0v) is 8.70. The lowest BCUT2D eigenvalue weighted by atomic mass is 10.1. The van der Waals surface area contributed by atoms with Crippen LogP contribution in [0.1, 0.15) is 38.2 Å². The molecule has 2 nitrogen and oxygen atoms in total. The van der Waals surface area contributed by atoms with Gasteiger partial charge in [-0.2, -0.15) is 0 Å². The highest BCUT2D eigenvalue weighted by molar-refractivity contribution is 5.38. The van der Waals surface area contributed by atoms with Crippen LogP contribution in [-0.4, -0.2) is 0 Å². The van der Waals surface area contributed by atoms with E-state index in [4.69, 9.17) is 0 Å². The van der Waals surface area contributed by atoms with Gasteiger partial charge in [-0.1, -0.05) is 38.3 Å². The molecule has 0 fully saturated rings. The van der Waals surface area contributed by atoms with Crippen molar-refractivity contribution in [1.29, 1.82) is 0 Å². The average molecular weight is 191 g/mol. The maximum atomic E-state index is 10.2. The van der Waals surface area contributed by atoms with Crippen LogP contribution in [0.3, 0.4) is 0 Å². The Morgan fingerprint density at radius 2 is 1.79 bits per heavy atom. The van der Waals surface area contributed by atoms with Gasteiger partial charge in [0.15, 0.2) is 0 Å². The van der Waals surface area contributed by atoms with Crippen LogP contribution in [0.5, 0.6) is 0 Å². The van der Waals surface area contributed by atoms with Gasteiger partial charge in [0, 0.05) is 0 Å². The zero-order chi connectivity index (χ0) is 10.2. The second-order valence-corrected chi connectivity index (χ2v) is 3.57. The van der Waals surface area contributed by atoms with Crippen LogP contribution in [-0.2, 0) is 6.42 Å². The number of unbranched alkanes of at least 4 members (excludes halogenated alkanes) is 3. The Bertz CT molecular complexity index is 266. The smallest absolute Gasteiger partial charge is 0.108 e. The summed E-state index contributed by atoms with van der Waals surface area (Å²) in [5.74, 6) is 0. The highest BCUT2D eigenvalue weighted by Gasteiger charge is 1.94. The third kappa shape index (κ3) is 3.69. The predicted octanol–water partition coefficient (Wildman–Crippen LogP) is 4.21. The number of hydrogen-bond donors (Lipinski definition) is 0. The summed E-state index contributed by atoms with van der Waals surface area (Å²) in [4.78, 5) is 10.2. The lowest BCUT2D eigenvalue weighted by Gasteiger charge is -2.00. The third-order valence-corrected chi connectivity index (χ3v) is 2.36. The van der Waals surface area contributed by atoms with Crippen molar-refractivity contribution in [3.63, 3.8) is 0 Å². The van der Waals surface area contributed by atoms with E-state index in [9.17, 15) is 4.91 Å². The Hall–Kier alpha value is -1.18. The Labute approximate surface area is 85.3 Å². The van der Waals surface area contributed by atoms with E-state index >= 15 is 0 Å².